The zero-order chi connectivity index (χ0) is 47.7. The second-order valence-electron chi connectivity index (χ2n) is 22.6. The van der Waals surface area contributed by atoms with Crippen molar-refractivity contribution >= 4 is 21.8 Å². The summed E-state index contributed by atoms with van der Waals surface area (Å²) in [6.45, 7) is 29.7. The topological polar surface area (TPSA) is 35.9 Å². The van der Waals surface area contributed by atoms with Gasteiger partial charge in [0.15, 0.2) is 0 Å². The van der Waals surface area contributed by atoms with Gasteiger partial charge in [0.05, 0.1) is 28.1 Å². The summed E-state index contributed by atoms with van der Waals surface area (Å²) in [6.07, 6.45) is 8.06. The van der Waals surface area contributed by atoms with Crippen LogP contribution in [0.3, 0.4) is 0 Å². The minimum atomic E-state index is -0.343. The molecule has 67 heavy (non-hydrogen) atoms. The molecule has 0 radical (unpaired) electrons. The van der Waals surface area contributed by atoms with Crippen LogP contribution in [0.5, 0.6) is 11.5 Å². The first kappa shape index (κ1) is 45.4. The molecule has 0 saturated heterocycles. The van der Waals surface area contributed by atoms with Gasteiger partial charge in [0.1, 0.15) is 17.3 Å². The molecule has 0 N–H and O–H groups in total. The van der Waals surface area contributed by atoms with Crippen molar-refractivity contribution in [3.05, 3.63) is 209 Å². The van der Waals surface area contributed by atoms with Gasteiger partial charge in [0.25, 0.3) is 6.33 Å². The zero-order valence-corrected chi connectivity index (χ0v) is 41.8. The van der Waals surface area contributed by atoms with Crippen molar-refractivity contribution in [2.75, 3.05) is 0 Å². The SMILES string of the molecule is CC(C)(C)c1cc(-[n+]2[c-]n(-c3cc(Oc4ccc5c6ccccc6n(-c6cc(C(C)(C)C)ccn6)c5c4)cc(C(C)(C)c4ccccc4)c3)cc2C(C)(C)C)cc(C(C)(C)c2ccccc2)c1. The van der Waals surface area contributed by atoms with Gasteiger partial charge in [-0.2, -0.15) is 0 Å². The normalized spacial score (nSPS) is 12.9. The predicted octanol–water partition coefficient (Wildman–Crippen LogP) is 15.4. The molecular weight excluding hydrogens is 817 g/mol. The van der Waals surface area contributed by atoms with Crippen LogP contribution in [0.25, 0.3) is 39.0 Å². The first-order chi connectivity index (χ1) is 31.6. The van der Waals surface area contributed by atoms with E-state index < -0.39 is 0 Å². The molecular formula is C62H66N4O. The quantitative estimate of drug-likeness (QED) is 0.107. The third-order valence-corrected chi connectivity index (χ3v) is 13.8. The molecule has 0 bridgehead atoms. The van der Waals surface area contributed by atoms with E-state index in [9.17, 15) is 0 Å². The highest BCUT2D eigenvalue weighted by Gasteiger charge is 2.30. The van der Waals surface area contributed by atoms with Gasteiger partial charge < -0.3 is 4.74 Å². The highest BCUT2D eigenvalue weighted by molar-refractivity contribution is 6.09. The van der Waals surface area contributed by atoms with Gasteiger partial charge in [-0.3, -0.25) is 13.7 Å². The fourth-order valence-corrected chi connectivity index (χ4v) is 9.35. The lowest BCUT2D eigenvalue weighted by Gasteiger charge is -2.30. The second-order valence-corrected chi connectivity index (χ2v) is 22.6. The van der Waals surface area contributed by atoms with E-state index in [1.807, 2.05) is 6.20 Å². The van der Waals surface area contributed by atoms with Gasteiger partial charge in [-0.1, -0.05) is 175 Å². The van der Waals surface area contributed by atoms with Gasteiger partial charge in [-0.15, -0.1) is 0 Å². The van der Waals surface area contributed by atoms with Gasteiger partial charge in [-0.05, 0) is 110 Å². The fourth-order valence-electron chi connectivity index (χ4n) is 9.35. The Morgan fingerprint density at radius 2 is 1.04 bits per heavy atom. The molecule has 0 saturated carbocycles. The number of aromatic nitrogens is 4. The Kier molecular flexibility index (Phi) is 11.2. The Balaban J connectivity index is 1.21. The van der Waals surface area contributed by atoms with Crippen LogP contribution < -0.4 is 9.30 Å². The Morgan fingerprint density at radius 1 is 0.463 bits per heavy atom. The number of nitrogens with zero attached hydrogens (tertiary/aromatic N) is 4. The van der Waals surface area contributed by atoms with Crippen molar-refractivity contribution in [3.8, 4) is 28.7 Å². The summed E-state index contributed by atoms with van der Waals surface area (Å²) in [7, 11) is 0. The minimum absolute atomic E-state index is 0.0241. The highest BCUT2D eigenvalue weighted by atomic mass is 16.5. The lowest BCUT2D eigenvalue weighted by molar-refractivity contribution is -0.611. The molecule has 0 unspecified atom stereocenters. The highest BCUT2D eigenvalue weighted by Crippen LogP contribution is 2.40. The van der Waals surface area contributed by atoms with Gasteiger partial charge in [0.2, 0.25) is 0 Å². The molecule has 0 spiro atoms. The van der Waals surface area contributed by atoms with Crippen molar-refractivity contribution in [2.45, 2.75) is 117 Å². The maximum absolute atomic E-state index is 7.05. The summed E-state index contributed by atoms with van der Waals surface area (Å²) in [6, 6.07) is 54.8. The number of fused-ring (bicyclic) bond motifs is 3. The second kappa shape index (κ2) is 16.6. The maximum atomic E-state index is 7.05. The van der Waals surface area contributed by atoms with Crippen LogP contribution in [0.1, 0.15) is 129 Å². The molecule has 0 aliphatic heterocycles. The molecule has 340 valence electrons. The number of imidazole rings is 1. The smallest absolute Gasteiger partial charge is 0.269 e. The molecule has 0 amide bonds. The standard InChI is InChI=1S/C62H66N4O/c1-58(2,3)44-30-31-63-57(37-44)66-54-27-21-20-26-52(54)53-29-28-50(39-55(53)66)67-51-36-47(62(12,13)43-24-18-15-19-25-43)34-48(38-51)64-40-56(60(7,8)9)65(41-64)49-33-45(59(4,5)6)32-46(35-49)61(10,11)42-22-16-14-17-23-42/h14-40H,1-13H3. The molecule has 5 nitrogen and oxygen atoms in total. The first-order valence-electron chi connectivity index (χ1n) is 23.8. The van der Waals surface area contributed by atoms with E-state index in [0.29, 0.717) is 0 Å². The average Bonchev–Trinajstić information content (AvgIpc) is 3.90. The Bertz CT molecular complexity index is 3250. The number of pyridine rings is 1. The summed E-state index contributed by atoms with van der Waals surface area (Å²) in [5.74, 6) is 2.39. The third kappa shape index (κ3) is 8.73. The average molecular weight is 883 g/mol. The summed E-state index contributed by atoms with van der Waals surface area (Å²) < 4.78 is 13.8. The minimum Gasteiger partial charge on any atom is -0.458 e. The Morgan fingerprint density at radius 3 is 1.67 bits per heavy atom. The molecule has 0 fully saturated rings. The van der Waals surface area contributed by atoms with Crippen LogP contribution in [-0.2, 0) is 27.1 Å². The molecule has 0 atom stereocenters. The molecule has 9 aromatic rings. The number of para-hydroxylation sites is 1. The van der Waals surface area contributed by atoms with E-state index in [1.165, 1.54) is 33.2 Å². The van der Waals surface area contributed by atoms with Gasteiger partial charge in [0, 0.05) is 40.1 Å². The van der Waals surface area contributed by atoms with Crippen LogP contribution in [0, 0.1) is 6.33 Å². The molecule has 6 aromatic carbocycles. The summed E-state index contributed by atoms with van der Waals surface area (Å²) in [5.41, 5.74) is 11.9. The number of benzene rings is 6. The van der Waals surface area contributed by atoms with E-state index in [2.05, 4.69) is 268 Å². The molecule has 3 heterocycles. The van der Waals surface area contributed by atoms with Crippen LogP contribution in [0.2, 0.25) is 0 Å². The fraction of sp³-hybridized carbons (Fsp3) is 0.290. The lowest BCUT2D eigenvalue weighted by Crippen LogP contribution is -2.39. The van der Waals surface area contributed by atoms with E-state index in [1.54, 1.807) is 0 Å². The maximum Gasteiger partial charge on any atom is 0.269 e. The Labute approximate surface area is 398 Å². The molecule has 3 aromatic heterocycles. The number of rotatable bonds is 9. The first-order valence-corrected chi connectivity index (χ1v) is 23.8. The van der Waals surface area contributed by atoms with Crippen molar-refractivity contribution in [2.24, 2.45) is 0 Å². The van der Waals surface area contributed by atoms with Gasteiger partial charge in [-0.25, -0.2) is 4.98 Å². The predicted molar refractivity (Wildman–Crippen MR) is 278 cm³/mol. The van der Waals surface area contributed by atoms with Crippen LogP contribution in [-0.4, -0.2) is 14.1 Å². The van der Waals surface area contributed by atoms with E-state index >= 15 is 0 Å². The molecule has 9 rings (SSSR count). The largest absolute Gasteiger partial charge is 0.458 e. The Hall–Kier alpha value is -6.72. The van der Waals surface area contributed by atoms with Crippen LogP contribution in [0.4, 0.5) is 0 Å². The van der Waals surface area contributed by atoms with Crippen LogP contribution in [0.15, 0.2) is 164 Å². The van der Waals surface area contributed by atoms with E-state index in [0.717, 1.165) is 56.4 Å². The zero-order valence-electron chi connectivity index (χ0n) is 41.8. The molecule has 5 heteroatoms. The summed E-state index contributed by atoms with van der Waals surface area (Å²) >= 11 is 0. The summed E-state index contributed by atoms with van der Waals surface area (Å²) in [5, 5.41) is 2.33. The van der Waals surface area contributed by atoms with Gasteiger partial charge >= 0.3 is 0 Å². The molecule has 0 aliphatic carbocycles. The monoisotopic (exact) mass is 883 g/mol. The lowest BCUT2D eigenvalue weighted by atomic mass is 9.75. The van der Waals surface area contributed by atoms with E-state index in [-0.39, 0.29) is 27.1 Å². The number of hydrogen-bond acceptors (Lipinski definition) is 2. The van der Waals surface area contributed by atoms with Crippen LogP contribution >= 0.6 is 0 Å². The third-order valence-electron chi connectivity index (χ3n) is 13.8. The van der Waals surface area contributed by atoms with Crippen molar-refractivity contribution < 1.29 is 9.30 Å². The van der Waals surface area contributed by atoms with Crippen molar-refractivity contribution in [1.29, 1.82) is 0 Å². The van der Waals surface area contributed by atoms with Crippen molar-refractivity contribution in [3.63, 3.8) is 0 Å². The summed E-state index contributed by atoms with van der Waals surface area (Å²) in [4.78, 5) is 4.93. The molecule has 0 aliphatic rings. The van der Waals surface area contributed by atoms with E-state index in [4.69, 9.17) is 9.72 Å². The van der Waals surface area contributed by atoms with Crippen molar-refractivity contribution in [1.82, 2.24) is 14.1 Å². The number of hydrogen-bond donors (Lipinski definition) is 0. The number of ether oxygens (including phenoxy) is 1.